The van der Waals surface area contributed by atoms with Crippen molar-refractivity contribution in [3.8, 4) is 0 Å². The number of likely N-dealkylation sites (N-methyl/N-ethyl adjacent to an activating group) is 1. The minimum atomic E-state index is 0.630. The third-order valence-electron chi connectivity index (χ3n) is 4.35. The molecule has 106 valence electrons. The lowest BCUT2D eigenvalue weighted by molar-refractivity contribution is 0.195. The van der Waals surface area contributed by atoms with Crippen LogP contribution in [0.25, 0.3) is 0 Å². The van der Waals surface area contributed by atoms with Gasteiger partial charge in [-0.3, -0.25) is 4.90 Å². The van der Waals surface area contributed by atoms with Gasteiger partial charge in [0.05, 0.1) is 0 Å². The first-order chi connectivity index (χ1) is 9.13. The van der Waals surface area contributed by atoms with Crippen molar-refractivity contribution in [1.82, 2.24) is 10.2 Å². The van der Waals surface area contributed by atoms with E-state index in [1.54, 1.807) is 0 Å². The van der Waals surface area contributed by atoms with Crippen LogP contribution in [0.2, 0.25) is 0 Å². The van der Waals surface area contributed by atoms with Crippen LogP contribution >= 0.6 is 0 Å². The number of hydrogen-bond donors (Lipinski definition) is 1. The van der Waals surface area contributed by atoms with Crippen LogP contribution in [-0.4, -0.2) is 50.7 Å². The van der Waals surface area contributed by atoms with Gasteiger partial charge >= 0.3 is 0 Å². The molecular formula is C16H27N3. The first kappa shape index (κ1) is 14.4. The van der Waals surface area contributed by atoms with Crippen molar-refractivity contribution < 1.29 is 0 Å². The number of rotatable bonds is 4. The first-order valence-electron chi connectivity index (χ1n) is 7.33. The summed E-state index contributed by atoms with van der Waals surface area (Å²) in [5, 5.41) is 3.27. The minimum Gasteiger partial charge on any atom is -0.369 e. The molecule has 0 amide bonds. The second kappa shape index (κ2) is 6.40. The Balaban J connectivity index is 1.98. The molecule has 0 spiro atoms. The van der Waals surface area contributed by atoms with Crippen molar-refractivity contribution >= 4 is 5.69 Å². The van der Waals surface area contributed by atoms with Gasteiger partial charge in [0.25, 0.3) is 0 Å². The fourth-order valence-electron chi connectivity index (χ4n) is 2.91. The van der Waals surface area contributed by atoms with E-state index in [1.165, 1.54) is 16.8 Å². The van der Waals surface area contributed by atoms with E-state index in [4.69, 9.17) is 0 Å². The van der Waals surface area contributed by atoms with Crippen LogP contribution in [0.15, 0.2) is 18.2 Å². The summed E-state index contributed by atoms with van der Waals surface area (Å²) in [7, 11) is 2.03. The van der Waals surface area contributed by atoms with Gasteiger partial charge in [-0.1, -0.05) is 12.1 Å². The van der Waals surface area contributed by atoms with Crippen molar-refractivity contribution in [3.63, 3.8) is 0 Å². The van der Waals surface area contributed by atoms with Gasteiger partial charge in [-0.25, -0.2) is 0 Å². The minimum absolute atomic E-state index is 0.630. The number of hydrogen-bond acceptors (Lipinski definition) is 3. The molecule has 0 saturated carbocycles. The van der Waals surface area contributed by atoms with Crippen molar-refractivity contribution in [3.05, 3.63) is 29.3 Å². The fourth-order valence-corrected chi connectivity index (χ4v) is 2.91. The lowest BCUT2D eigenvalue weighted by atomic mass is 10.1. The highest BCUT2D eigenvalue weighted by Crippen LogP contribution is 2.24. The number of nitrogens with one attached hydrogen (secondary N) is 1. The van der Waals surface area contributed by atoms with Crippen molar-refractivity contribution in [2.24, 2.45) is 0 Å². The molecule has 1 unspecified atom stereocenters. The number of piperazine rings is 1. The van der Waals surface area contributed by atoms with E-state index in [-0.39, 0.29) is 0 Å². The Kier molecular flexibility index (Phi) is 4.83. The van der Waals surface area contributed by atoms with E-state index in [0.29, 0.717) is 6.04 Å². The lowest BCUT2D eigenvalue weighted by Crippen LogP contribution is -2.51. The van der Waals surface area contributed by atoms with Gasteiger partial charge in [0, 0.05) is 44.5 Å². The van der Waals surface area contributed by atoms with Crippen molar-refractivity contribution in [2.75, 3.05) is 44.7 Å². The number of anilines is 1. The summed E-state index contributed by atoms with van der Waals surface area (Å²) in [5.41, 5.74) is 4.24. The maximum Gasteiger partial charge on any atom is 0.0399 e. The lowest BCUT2D eigenvalue weighted by Gasteiger charge is -2.39. The number of benzene rings is 1. The standard InChI is InChI=1S/C16H27N3/c1-13-6-5-7-16(15(13)3)19-10-8-18(9-11-19)14(2)12-17-4/h5-7,14,17H,8-12H2,1-4H3. The zero-order valence-corrected chi connectivity index (χ0v) is 12.7. The second-order valence-corrected chi connectivity index (χ2v) is 5.65. The maximum atomic E-state index is 3.27. The largest absolute Gasteiger partial charge is 0.369 e. The van der Waals surface area contributed by atoms with Gasteiger partial charge in [0.1, 0.15) is 0 Å². The summed E-state index contributed by atoms with van der Waals surface area (Å²) in [4.78, 5) is 5.11. The monoisotopic (exact) mass is 261 g/mol. The van der Waals surface area contributed by atoms with Gasteiger partial charge in [-0.15, -0.1) is 0 Å². The molecule has 0 aromatic heterocycles. The van der Waals surface area contributed by atoms with Gasteiger partial charge in [-0.05, 0) is 45.0 Å². The number of nitrogens with zero attached hydrogens (tertiary/aromatic N) is 2. The SMILES string of the molecule is CNCC(C)N1CCN(c2cccc(C)c2C)CC1. The molecule has 1 heterocycles. The molecule has 1 fully saturated rings. The first-order valence-corrected chi connectivity index (χ1v) is 7.33. The molecule has 19 heavy (non-hydrogen) atoms. The Labute approximate surface area is 117 Å². The summed E-state index contributed by atoms with van der Waals surface area (Å²) >= 11 is 0. The predicted molar refractivity (Wildman–Crippen MR) is 83.1 cm³/mol. The van der Waals surface area contributed by atoms with E-state index < -0.39 is 0 Å². The Hall–Kier alpha value is -1.06. The summed E-state index contributed by atoms with van der Waals surface area (Å²) in [6, 6.07) is 7.26. The fraction of sp³-hybridized carbons (Fsp3) is 0.625. The zero-order valence-electron chi connectivity index (χ0n) is 12.7. The second-order valence-electron chi connectivity index (χ2n) is 5.65. The third kappa shape index (κ3) is 3.28. The topological polar surface area (TPSA) is 18.5 Å². The quantitative estimate of drug-likeness (QED) is 0.895. The molecule has 0 radical (unpaired) electrons. The van der Waals surface area contributed by atoms with Crippen LogP contribution < -0.4 is 10.2 Å². The Morgan fingerprint density at radius 1 is 1.16 bits per heavy atom. The maximum absolute atomic E-state index is 3.27. The molecule has 0 aliphatic carbocycles. The van der Waals surface area contributed by atoms with Crippen molar-refractivity contribution in [2.45, 2.75) is 26.8 Å². The third-order valence-corrected chi connectivity index (χ3v) is 4.35. The molecule has 3 heteroatoms. The van der Waals surface area contributed by atoms with Crippen LogP contribution in [0.4, 0.5) is 5.69 Å². The molecule has 1 aromatic carbocycles. The summed E-state index contributed by atoms with van der Waals surface area (Å²) in [6.45, 7) is 12.4. The zero-order chi connectivity index (χ0) is 13.8. The smallest absolute Gasteiger partial charge is 0.0399 e. The molecule has 1 N–H and O–H groups in total. The molecule has 0 bridgehead atoms. The molecule has 3 nitrogen and oxygen atoms in total. The molecule has 1 saturated heterocycles. The van der Waals surface area contributed by atoms with Crippen LogP contribution in [0.5, 0.6) is 0 Å². The summed E-state index contributed by atoms with van der Waals surface area (Å²) in [5.74, 6) is 0. The summed E-state index contributed by atoms with van der Waals surface area (Å²) < 4.78 is 0. The van der Waals surface area contributed by atoms with Crippen LogP contribution in [0.1, 0.15) is 18.1 Å². The van der Waals surface area contributed by atoms with Crippen LogP contribution in [0, 0.1) is 13.8 Å². The van der Waals surface area contributed by atoms with E-state index in [9.17, 15) is 0 Å². The van der Waals surface area contributed by atoms with Gasteiger partial charge in [0.15, 0.2) is 0 Å². The van der Waals surface area contributed by atoms with Crippen LogP contribution in [0.3, 0.4) is 0 Å². The normalized spacial score (nSPS) is 18.6. The van der Waals surface area contributed by atoms with Gasteiger partial charge in [0.2, 0.25) is 0 Å². The van der Waals surface area contributed by atoms with Gasteiger partial charge < -0.3 is 10.2 Å². The summed E-state index contributed by atoms with van der Waals surface area (Å²) in [6.07, 6.45) is 0. The molecule has 1 aliphatic rings. The average Bonchev–Trinajstić information content (AvgIpc) is 2.42. The van der Waals surface area contributed by atoms with Gasteiger partial charge in [-0.2, -0.15) is 0 Å². The highest BCUT2D eigenvalue weighted by molar-refractivity contribution is 5.56. The van der Waals surface area contributed by atoms with E-state index in [0.717, 1.165) is 32.7 Å². The van der Waals surface area contributed by atoms with E-state index in [1.807, 2.05) is 7.05 Å². The Morgan fingerprint density at radius 3 is 2.47 bits per heavy atom. The number of aryl methyl sites for hydroxylation is 1. The molecule has 1 aliphatic heterocycles. The molecule has 1 aromatic rings. The van der Waals surface area contributed by atoms with E-state index in [2.05, 4.69) is 54.1 Å². The van der Waals surface area contributed by atoms with E-state index >= 15 is 0 Å². The predicted octanol–water partition coefficient (Wildman–Crippen LogP) is 2.03. The molecular weight excluding hydrogens is 234 g/mol. The van der Waals surface area contributed by atoms with Crippen molar-refractivity contribution in [1.29, 1.82) is 0 Å². The Bertz CT molecular complexity index is 408. The highest BCUT2D eigenvalue weighted by Gasteiger charge is 2.21. The highest BCUT2D eigenvalue weighted by atomic mass is 15.3. The van der Waals surface area contributed by atoms with Crippen LogP contribution in [-0.2, 0) is 0 Å². The Morgan fingerprint density at radius 2 is 1.84 bits per heavy atom. The molecule has 2 rings (SSSR count). The average molecular weight is 261 g/mol. The molecule has 1 atom stereocenters.